The monoisotopic (exact) mass is 499 g/mol. The van der Waals surface area contributed by atoms with E-state index >= 15 is 0 Å². The van der Waals surface area contributed by atoms with Crippen molar-refractivity contribution in [2.75, 3.05) is 18.4 Å². The Morgan fingerprint density at radius 3 is 2.59 bits per heavy atom. The lowest BCUT2D eigenvalue weighted by atomic mass is 10.2. The minimum atomic E-state index is -3.54. The smallest absolute Gasteiger partial charge is 0.273 e. The number of carbonyl (C=O) groups excluding carboxylic acids is 1. The number of thiazole rings is 1. The van der Waals surface area contributed by atoms with Crippen LogP contribution in [0.1, 0.15) is 19.3 Å². The van der Waals surface area contributed by atoms with Crippen molar-refractivity contribution in [3.8, 4) is 0 Å². The molecular formula is C22H21N5O5S2. The van der Waals surface area contributed by atoms with E-state index in [0.29, 0.717) is 33.8 Å². The average Bonchev–Trinajstić information content (AvgIpc) is 3.50. The molecule has 1 saturated heterocycles. The van der Waals surface area contributed by atoms with Crippen LogP contribution >= 0.6 is 11.3 Å². The number of aryl methyl sites for hydroxylation is 1. The molecule has 1 aliphatic rings. The highest BCUT2D eigenvalue weighted by atomic mass is 32.2. The normalized spacial score (nSPS) is 14.7. The zero-order valence-electron chi connectivity index (χ0n) is 18.0. The van der Waals surface area contributed by atoms with E-state index in [9.17, 15) is 22.8 Å². The predicted octanol–water partition coefficient (Wildman–Crippen LogP) is 2.11. The van der Waals surface area contributed by atoms with Crippen molar-refractivity contribution in [1.82, 2.24) is 19.1 Å². The second kappa shape index (κ2) is 8.78. The molecule has 12 heteroatoms. The lowest BCUT2D eigenvalue weighted by Gasteiger charge is -2.15. The molecule has 4 aromatic rings. The van der Waals surface area contributed by atoms with Crippen LogP contribution in [0.25, 0.3) is 21.0 Å². The molecule has 5 rings (SSSR count). The van der Waals surface area contributed by atoms with Crippen molar-refractivity contribution in [2.24, 2.45) is 0 Å². The molecule has 0 unspecified atom stereocenters. The molecule has 3 heterocycles. The van der Waals surface area contributed by atoms with Crippen molar-refractivity contribution < 1.29 is 13.2 Å². The molecule has 2 N–H and O–H groups in total. The zero-order chi connectivity index (χ0) is 23.9. The molecular weight excluding hydrogens is 478 g/mol. The molecule has 0 saturated carbocycles. The number of aromatic nitrogens is 3. The molecule has 2 aromatic heterocycles. The van der Waals surface area contributed by atoms with E-state index < -0.39 is 15.6 Å². The molecule has 10 nitrogen and oxygen atoms in total. The maximum Gasteiger partial charge on any atom is 0.273 e. The first kappa shape index (κ1) is 22.4. The first-order valence-corrected chi connectivity index (χ1v) is 13.0. The van der Waals surface area contributed by atoms with E-state index in [-0.39, 0.29) is 34.7 Å². The summed E-state index contributed by atoms with van der Waals surface area (Å²) in [5.74, 6) is -0.384. The van der Waals surface area contributed by atoms with Gasteiger partial charge in [-0.05, 0) is 43.2 Å². The maximum absolute atomic E-state index is 12.8. The Kier molecular flexibility index (Phi) is 5.80. The van der Waals surface area contributed by atoms with E-state index in [1.165, 1.54) is 21.7 Å². The summed E-state index contributed by atoms with van der Waals surface area (Å²) >= 11 is 1.18. The number of aromatic amines is 1. The Hall–Kier alpha value is -3.35. The lowest BCUT2D eigenvalue weighted by Crippen LogP contribution is -2.31. The Bertz CT molecular complexity index is 1630. The van der Waals surface area contributed by atoms with Gasteiger partial charge in [-0.25, -0.2) is 18.1 Å². The second-order valence-corrected chi connectivity index (χ2v) is 11.0. The van der Waals surface area contributed by atoms with Crippen molar-refractivity contribution >= 4 is 53.4 Å². The van der Waals surface area contributed by atoms with Gasteiger partial charge in [0.15, 0.2) is 5.13 Å². The number of nitrogens with one attached hydrogen (secondary N) is 2. The Labute approximate surface area is 197 Å². The van der Waals surface area contributed by atoms with E-state index in [0.717, 1.165) is 17.5 Å². The summed E-state index contributed by atoms with van der Waals surface area (Å²) < 4.78 is 28.9. The van der Waals surface area contributed by atoms with Crippen LogP contribution in [0.4, 0.5) is 5.13 Å². The fourth-order valence-corrected chi connectivity index (χ4v) is 6.54. The highest BCUT2D eigenvalue weighted by Crippen LogP contribution is 2.30. The van der Waals surface area contributed by atoms with Crippen molar-refractivity contribution in [2.45, 2.75) is 30.7 Å². The fourth-order valence-electron chi connectivity index (χ4n) is 4.00. The van der Waals surface area contributed by atoms with Crippen LogP contribution in [0.3, 0.4) is 0 Å². The molecule has 0 radical (unpaired) electrons. The number of anilines is 1. The van der Waals surface area contributed by atoms with Crippen molar-refractivity contribution in [1.29, 1.82) is 0 Å². The Balaban J connectivity index is 1.30. The SMILES string of the molecule is O=C(CCn1[nH]c(=O)c2ccccc2c1=O)Nc1nc2ccc(S(=O)(=O)N3CCCC3)cc2s1. The maximum atomic E-state index is 12.8. The van der Waals surface area contributed by atoms with Gasteiger partial charge in [0.05, 0.1) is 32.4 Å². The summed E-state index contributed by atoms with van der Waals surface area (Å²) in [7, 11) is -3.54. The predicted molar refractivity (Wildman–Crippen MR) is 130 cm³/mol. The van der Waals surface area contributed by atoms with Gasteiger partial charge in [0.25, 0.3) is 11.1 Å². The number of benzene rings is 2. The largest absolute Gasteiger partial charge is 0.302 e. The minimum Gasteiger partial charge on any atom is -0.302 e. The van der Waals surface area contributed by atoms with Gasteiger partial charge >= 0.3 is 0 Å². The highest BCUT2D eigenvalue weighted by Gasteiger charge is 2.27. The van der Waals surface area contributed by atoms with Gasteiger partial charge in [-0.2, -0.15) is 4.31 Å². The van der Waals surface area contributed by atoms with Gasteiger partial charge in [-0.1, -0.05) is 23.5 Å². The number of hydrogen-bond donors (Lipinski definition) is 2. The Morgan fingerprint density at radius 2 is 1.82 bits per heavy atom. The van der Waals surface area contributed by atoms with Crippen LogP contribution in [0.15, 0.2) is 56.9 Å². The third kappa shape index (κ3) is 4.15. The number of sulfonamides is 1. The van der Waals surface area contributed by atoms with Crippen molar-refractivity contribution in [3.63, 3.8) is 0 Å². The number of nitrogens with zero attached hydrogens (tertiary/aromatic N) is 3. The summed E-state index contributed by atoms with van der Waals surface area (Å²) in [6, 6.07) is 11.2. The molecule has 176 valence electrons. The quantitative estimate of drug-likeness (QED) is 0.417. The van der Waals surface area contributed by atoms with E-state index in [1.54, 1.807) is 36.4 Å². The standard InChI is InChI=1S/C22H21N5O5S2/c28-19(9-12-27-21(30)16-6-2-1-5-15(16)20(29)25-27)24-22-23-17-8-7-14(13-18(17)33-22)34(31,32)26-10-3-4-11-26/h1-2,5-8,13H,3-4,9-12H2,(H,25,29)(H,23,24,28). The third-order valence-electron chi connectivity index (χ3n) is 5.76. The van der Waals surface area contributed by atoms with Gasteiger partial charge in [0.1, 0.15) is 0 Å². The third-order valence-corrected chi connectivity index (χ3v) is 8.58. The number of amides is 1. The molecule has 1 amide bonds. The van der Waals surface area contributed by atoms with Crippen LogP contribution in [0, 0.1) is 0 Å². The van der Waals surface area contributed by atoms with Gasteiger partial charge < -0.3 is 5.32 Å². The average molecular weight is 500 g/mol. The number of rotatable bonds is 6. The first-order valence-electron chi connectivity index (χ1n) is 10.8. The van der Waals surface area contributed by atoms with Gasteiger partial charge in [0, 0.05) is 19.5 Å². The molecule has 34 heavy (non-hydrogen) atoms. The molecule has 0 bridgehead atoms. The van der Waals surface area contributed by atoms with Gasteiger partial charge in [-0.3, -0.25) is 19.5 Å². The summed E-state index contributed by atoms with van der Waals surface area (Å²) in [6.07, 6.45) is 1.66. The van der Waals surface area contributed by atoms with Crippen LogP contribution in [0.5, 0.6) is 0 Å². The highest BCUT2D eigenvalue weighted by molar-refractivity contribution is 7.89. The van der Waals surface area contributed by atoms with Crippen LogP contribution in [-0.4, -0.2) is 46.5 Å². The van der Waals surface area contributed by atoms with E-state index in [2.05, 4.69) is 15.4 Å². The van der Waals surface area contributed by atoms with Crippen LogP contribution in [-0.2, 0) is 21.4 Å². The van der Waals surface area contributed by atoms with Gasteiger partial charge in [0.2, 0.25) is 15.9 Å². The summed E-state index contributed by atoms with van der Waals surface area (Å²) in [5.41, 5.74) is -0.202. The number of H-pyrrole nitrogens is 1. The summed E-state index contributed by atoms with van der Waals surface area (Å²) in [6.45, 7) is 1.04. The Morgan fingerprint density at radius 1 is 1.09 bits per heavy atom. The number of hydrogen-bond acceptors (Lipinski definition) is 7. The van der Waals surface area contributed by atoms with E-state index in [1.807, 2.05) is 0 Å². The molecule has 0 aliphatic carbocycles. The zero-order valence-corrected chi connectivity index (χ0v) is 19.6. The minimum absolute atomic E-state index is 0.00609. The second-order valence-electron chi connectivity index (χ2n) is 8.00. The number of fused-ring (bicyclic) bond motifs is 2. The fraction of sp³-hybridized carbons (Fsp3) is 0.273. The molecule has 1 aliphatic heterocycles. The topological polar surface area (TPSA) is 134 Å². The van der Waals surface area contributed by atoms with Crippen molar-refractivity contribution in [3.05, 3.63) is 63.2 Å². The molecule has 2 aromatic carbocycles. The summed E-state index contributed by atoms with van der Waals surface area (Å²) in [4.78, 5) is 41.8. The van der Waals surface area contributed by atoms with E-state index in [4.69, 9.17) is 0 Å². The van der Waals surface area contributed by atoms with Gasteiger partial charge in [-0.15, -0.1) is 0 Å². The first-order chi connectivity index (χ1) is 16.3. The lowest BCUT2D eigenvalue weighted by molar-refractivity contribution is -0.116. The molecule has 0 atom stereocenters. The summed E-state index contributed by atoms with van der Waals surface area (Å²) in [5, 5.41) is 6.10. The molecule has 0 spiro atoms. The number of carbonyl (C=O) groups is 1. The van der Waals surface area contributed by atoms with Crippen LogP contribution < -0.4 is 16.4 Å². The molecule has 1 fully saturated rings. The van der Waals surface area contributed by atoms with Crippen LogP contribution in [0.2, 0.25) is 0 Å².